The molecule has 0 aliphatic rings. The molecule has 0 aromatic heterocycles. The molecule has 0 atom stereocenters. The van der Waals surface area contributed by atoms with Gasteiger partial charge in [-0.3, -0.25) is 0 Å². The van der Waals surface area contributed by atoms with Crippen molar-refractivity contribution in [3.63, 3.8) is 0 Å². The Bertz CT molecular complexity index is 387. The molecule has 0 radical (unpaired) electrons. The summed E-state index contributed by atoms with van der Waals surface area (Å²) in [6.07, 6.45) is 0. The number of methoxy groups -OCH3 is 1. The van der Waals surface area contributed by atoms with Crippen molar-refractivity contribution in [2.24, 2.45) is 0 Å². The van der Waals surface area contributed by atoms with Gasteiger partial charge in [0.1, 0.15) is 15.8 Å². The Balaban J connectivity index is 3.51. The highest BCUT2D eigenvalue weighted by atomic mass is 79.9. The molecule has 2 N–H and O–H groups in total. The number of aromatic carboxylic acids is 1. The summed E-state index contributed by atoms with van der Waals surface area (Å²) >= 11 is 3.07. The zero-order chi connectivity index (χ0) is 10.9. The maximum atomic E-state index is 10.8. The van der Waals surface area contributed by atoms with Crippen molar-refractivity contribution >= 4 is 21.9 Å². The summed E-state index contributed by atoms with van der Waals surface area (Å²) < 4.78 is 5.15. The monoisotopic (exact) mass is 260 g/mol. The minimum Gasteiger partial charge on any atom is -0.506 e. The predicted molar refractivity (Wildman–Crippen MR) is 54.1 cm³/mol. The van der Waals surface area contributed by atoms with E-state index in [1.165, 1.54) is 13.2 Å². The molecule has 0 aliphatic heterocycles. The molecular formula is C9H9BrO4. The Hall–Kier alpha value is -1.23. The number of aromatic hydroxyl groups is 1. The molecule has 0 heterocycles. The Labute approximate surface area is 89.3 Å². The molecule has 1 aromatic carbocycles. The van der Waals surface area contributed by atoms with Crippen LogP contribution in [0.4, 0.5) is 0 Å². The van der Waals surface area contributed by atoms with E-state index in [0.29, 0.717) is 5.56 Å². The number of phenolic OH excluding ortho intramolecular Hbond substituents is 1. The minimum atomic E-state index is -1.09. The van der Waals surface area contributed by atoms with Crippen LogP contribution < -0.4 is 4.74 Å². The fourth-order valence-electron chi connectivity index (χ4n) is 1.11. The van der Waals surface area contributed by atoms with Crippen LogP contribution in [0.3, 0.4) is 0 Å². The number of ether oxygens (including phenoxy) is 1. The van der Waals surface area contributed by atoms with Crippen molar-refractivity contribution in [1.82, 2.24) is 0 Å². The Morgan fingerprint density at radius 3 is 2.57 bits per heavy atom. The maximum Gasteiger partial charge on any atom is 0.339 e. The van der Waals surface area contributed by atoms with Gasteiger partial charge in [-0.25, -0.2) is 4.79 Å². The van der Waals surface area contributed by atoms with Crippen molar-refractivity contribution in [2.45, 2.75) is 6.92 Å². The summed E-state index contributed by atoms with van der Waals surface area (Å²) in [5, 5.41) is 18.4. The van der Waals surface area contributed by atoms with Gasteiger partial charge in [0.2, 0.25) is 0 Å². The van der Waals surface area contributed by atoms with Gasteiger partial charge >= 0.3 is 5.97 Å². The second-order valence-electron chi connectivity index (χ2n) is 2.74. The minimum absolute atomic E-state index is 0.00755. The molecule has 76 valence electrons. The van der Waals surface area contributed by atoms with E-state index >= 15 is 0 Å². The lowest BCUT2D eigenvalue weighted by Gasteiger charge is -2.10. The molecule has 0 unspecified atom stereocenters. The Morgan fingerprint density at radius 1 is 1.57 bits per heavy atom. The van der Waals surface area contributed by atoms with E-state index < -0.39 is 5.97 Å². The number of hydrogen-bond acceptors (Lipinski definition) is 3. The normalized spacial score (nSPS) is 9.93. The molecule has 5 heteroatoms. The third kappa shape index (κ3) is 1.68. The van der Waals surface area contributed by atoms with E-state index in [2.05, 4.69) is 15.9 Å². The molecule has 1 aromatic rings. The highest BCUT2D eigenvalue weighted by Crippen LogP contribution is 2.38. The first-order valence-electron chi connectivity index (χ1n) is 3.78. The molecular weight excluding hydrogens is 252 g/mol. The van der Waals surface area contributed by atoms with E-state index in [9.17, 15) is 9.90 Å². The van der Waals surface area contributed by atoms with Crippen molar-refractivity contribution in [3.05, 3.63) is 21.7 Å². The van der Waals surface area contributed by atoms with Crippen LogP contribution in [-0.4, -0.2) is 23.3 Å². The van der Waals surface area contributed by atoms with Crippen LogP contribution in [0.25, 0.3) is 0 Å². The van der Waals surface area contributed by atoms with Gasteiger partial charge in [-0.2, -0.15) is 0 Å². The first-order chi connectivity index (χ1) is 6.49. The van der Waals surface area contributed by atoms with Crippen LogP contribution in [-0.2, 0) is 0 Å². The lowest BCUT2D eigenvalue weighted by Crippen LogP contribution is -2.02. The molecule has 4 nitrogen and oxygen atoms in total. The van der Waals surface area contributed by atoms with E-state index in [4.69, 9.17) is 9.84 Å². The van der Waals surface area contributed by atoms with Crippen LogP contribution in [0.1, 0.15) is 15.9 Å². The maximum absolute atomic E-state index is 10.8. The van der Waals surface area contributed by atoms with E-state index in [0.717, 1.165) is 0 Å². The van der Waals surface area contributed by atoms with Gasteiger partial charge in [-0.05, 0) is 34.5 Å². The van der Waals surface area contributed by atoms with Gasteiger partial charge in [0.25, 0.3) is 0 Å². The quantitative estimate of drug-likeness (QED) is 0.856. The van der Waals surface area contributed by atoms with Crippen molar-refractivity contribution < 1.29 is 19.7 Å². The number of carbonyl (C=O) groups is 1. The highest BCUT2D eigenvalue weighted by molar-refractivity contribution is 9.10. The lowest BCUT2D eigenvalue weighted by molar-refractivity contribution is 0.0693. The fourth-order valence-corrected chi connectivity index (χ4v) is 1.80. The first kappa shape index (κ1) is 10.8. The average molecular weight is 261 g/mol. The number of hydrogen-bond donors (Lipinski definition) is 2. The van der Waals surface area contributed by atoms with Gasteiger partial charge in [0.15, 0.2) is 5.75 Å². The van der Waals surface area contributed by atoms with Crippen LogP contribution in [0.15, 0.2) is 10.5 Å². The number of rotatable bonds is 2. The standard InChI is InChI=1S/C9H9BrO4/c1-4-3-5(9(12)13)8(14-2)6(10)7(4)11/h3,11H,1-2H3,(H,12,13). The average Bonchev–Trinajstić information content (AvgIpc) is 2.13. The summed E-state index contributed by atoms with van der Waals surface area (Å²) in [4.78, 5) is 10.8. The molecule has 0 saturated heterocycles. The topological polar surface area (TPSA) is 66.8 Å². The van der Waals surface area contributed by atoms with Crippen molar-refractivity contribution in [2.75, 3.05) is 7.11 Å². The second kappa shape index (κ2) is 3.88. The molecule has 0 spiro atoms. The fraction of sp³-hybridized carbons (Fsp3) is 0.222. The van der Waals surface area contributed by atoms with Crippen molar-refractivity contribution in [3.8, 4) is 11.5 Å². The van der Waals surface area contributed by atoms with E-state index in [1.54, 1.807) is 6.92 Å². The van der Waals surface area contributed by atoms with E-state index in [1.807, 2.05) is 0 Å². The van der Waals surface area contributed by atoms with Crippen LogP contribution in [0, 0.1) is 6.92 Å². The third-order valence-electron chi connectivity index (χ3n) is 1.82. The van der Waals surface area contributed by atoms with Crippen LogP contribution >= 0.6 is 15.9 Å². The summed E-state index contributed by atoms with van der Waals surface area (Å²) in [6.45, 7) is 1.62. The summed E-state index contributed by atoms with van der Waals surface area (Å²) in [6, 6.07) is 1.36. The largest absolute Gasteiger partial charge is 0.506 e. The predicted octanol–water partition coefficient (Wildman–Crippen LogP) is 2.17. The first-order valence-corrected chi connectivity index (χ1v) is 4.57. The summed E-state index contributed by atoms with van der Waals surface area (Å²) in [5.74, 6) is -0.974. The number of benzene rings is 1. The molecule has 0 amide bonds. The van der Waals surface area contributed by atoms with E-state index in [-0.39, 0.29) is 21.5 Å². The molecule has 0 aliphatic carbocycles. The smallest absolute Gasteiger partial charge is 0.339 e. The molecule has 0 saturated carbocycles. The second-order valence-corrected chi connectivity index (χ2v) is 3.54. The van der Waals surface area contributed by atoms with Gasteiger partial charge < -0.3 is 14.9 Å². The van der Waals surface area contributed by atoms with Gasteiger partial charge in [0.05, 0.1) is 7.11 Å². The SMILES string of the molecule is COc1c(C(=O)O)cc(C)c(O)c1Br. The Kier molecular flexibility index (Phi) is 3.00. The third-order valence-corrected chi connectivity index (χ3v) is 2.56. The number of phenols is 1. The molecule has 0 fully saturated rings. The van der Waals surface area contributed by atoms with Crippen molar-refractivity contribution in [1.29, 1.82) is 0 Å². The Morgan fingerprint density at radius 2 is 2.14 bits per heavy atom. The molecule has 14 heavy (non-hydrogen) atoms. The zero-order valence-corrected chi connectivity index (χ0v) is 9.25. The summed E-state index contributed by atoms with van der Waals surface area (Å²) in [5.41, 5.74) is 0.504. The van der Waals surface area contributed by atoms with Gasteiger partial charge in [-0.1, -0.05) is 0 Å². The molecule has 0 bridgehead atoms. The number of aryl methyl sites for hydroxylation is 1. The van der Waals surface area contributed by atoms with Crippen LogP contribution in [0.5, 0.6) is 11.5 Å². The number of carboxylic acid groups (broad SMARTS) is 1. The van der Waals surface area contributed by atoms with Gasteiger partial charge in [-0.15, -0.1) is 0 Å². The summed E-state index contributed by atoms with van der Waals surface area (Å²) in [7, 11) is 1.35. The zero-order valence-electron chi connectivity index (χ0n) is 7.67. The number of halogens is 1. The van der Waals surface area contributed by atoms with Gasteiger partial charge in [0, 0.05) is 0 Å². The molecule has 1 rings (SSSR count). The van der Waals surface area contributed by atoms with Crippen LogP contribution in [0.2, 0.25) is 0 Å². The lowest BCUT2D eigenvalue weighted by atomic mass is 10.1. The number of carboxylic acids is 1. The highest BCUT2D eigenvalue weighted by Gasteiger charge is 2.18.